The van der Waals surface area contributed by atoms with E-state index in [4.69, 9.17) is 5.73 Å². The molecule has 1 aromatic rings. The molecule has 2 nitrogen and oxygen atoms in total. The molecule has 0 aromatic heterocycles. The topological polar surface area (TPSA) is 46.2 Å². The van der Waals surface area contributed by atoms with Crippen LogP contribution in [0.25, 0.3) is 0 Å². The Labute approximate surface area is 103 Å². The van der Waals surface area contributed by atoms with E-state index in [1.165, 1.54) is 24.0 Å². The van der Waals surface area contributed by atoms with Gasteiger partial charge in [0.15, 0.2) is 0 Å². The van der Waals surface area contributed by atoms with Crippen LogP contribution in [0.3, 0.4) is 0 Å². The first-order valence-electron chi connectivity index (χ1n) is 6.70. The summed E-state index contributed by atoms with van der Waals surface area (Å²) < 4.78 is 0. The standard InChI is InChI=1S/C15H21NO/c16-15(7-1-2-8-15)13-5-3-12(4-6-13)11-14(17)9-10-14/h3-6,17H,1-2,7-11,16H2. The third-order valence-electron chi connectivity index (χ3n) is 4.38. The normalized spacial score (nSPS) is 24.8. The van der Waals surface area contributed by atoms with Crippen molar-refractivity contribution in [2.75, 3.05) is 0 Å². The van der Waals surface area contributed by atoms with E-state index < -0.39 is 5.60 Å². The second kappa shape index (κ2) is 3.82. The van der Waals surface area contributed by atoms with Gasteiger partial charge in [-0.3, -0.25) is 0 Å². The monoisotopic (exact) mass is 231 g/mol. The summed E-state index contributed by atoms with van der Waals surface area (Å²) in [5.74, 6) is 0. The van der Waals surface area contributed by atoms with Crippen molar-refractivity contribution in [1.29, 1.82) is 0 Å². The van der Waals surface area contributed by atoms with E-state index in [9.17, 15) is 5.11 Å². The van der Waals surface area contributed by atoms with Crippen LogP contribution in [0.15, 0.2) is 24.3 Å². The Kier molecular flexibility index (Phi) is 2.53. The summed E-state index contributed by atoms with van der Waals surface area (Å²) >= 11 is 0. The van der Waals surface area contributed by atoms with E-state index in [0.717, 1.165) is 32.1 Å². The lowest BCUT2D eigenvalue weighted by Crippen LogP contribution is -2.32. The van der Waals surface area contributed by atoms with Crippen LogP contribution in [-0.2, 0) is 12.0 Å². The Morgan fingerprint density at radius 3 is 2.12 bits per heavy atom. The number of hydrogen-bond donors (Lipinski definition) is 2. The lowest BCUT2D eigenvalue weighted by Gasteiger charge is -2.24. The smallest absolute Gasteiger partial charge is 0.0690 e. The highest BCUT2D eigenvalue weighted by Crippen LogP contribution is 2.39. The molecule has 17 heavy (non-hydrogen) atoms. The van der Waals surface area contributed by atoms with Crippen LogP contribution >= 0.6 is 0 Å². The maximum absolute atomic E-state index is 9.89. The Morgan fingerprint density at radius 2 is 1.59 bits per heavy atom. The number of nitrogens with two attached hydrogens (primary N) is 1. The predicted molar refractivity (Wildman–Crippen MR) is 68.7 cm³/mol. The van der Waals surface area contributed by atoms with Gasteiger partial charge in [-0.05, 0) is 36.8 Å². The molecule has 3 N–H and O–H groups in total. The van der Waals surface area contributed by atoms with Crippen molar-refractivity contribution in [2.45, 2.75) is 56.1 Å². The zero-order valence-corrected chi connectivity index (χ0v) is 10.3. The van der Waals surface area contributed by atoms with Gasteiger partial charge in [0.05, 0.1) is 5.60 Å². The first-order valence-corrected chi connectivity index (χ1v) is 6.70. The minimum absolute atomic E-state index is 0.0883. The quantitative estimate of drug-likeness (QED) is 0.839. The molecule has 2 fully saturated rings. The fourth-order valence-electron chi connectivity index (χ4n) is 2.95. The first kappa shape index (κ1) is 11.2. The second-order valence-corrected chi connectivity index (χ2v) is 5.96. The van der Waals surface area contributed by atoms with Gasteiger partial charge in [-0.1, -0.05) is 37.1 Å². The summed E-state index contributed by atoms with van der Waals surface area (Å²) in [4.78, 5) is 0. The van der Waals surface area contributed by atoms with Gasteiger partial charge in [-0.25, -0.2) is 0 Å². The molecule has 2 aliphatic rings. The summed E-state index contributed by atoms with van der Waals surface area (Å²) in [5.41, 5.74) is 8.44. The predicted octanol–water partition coefficient (Wildman–Crippen LogP) is 2.48. The molecule has 0 atom stereocenters. The molecule has 92 valence electrons. The molecule has 3 rings (SSSR count). The Morgan fingerprint density at radius 1 is 1.00 bits per heavy atom. The maximum Gasteiger partial charge on any atom is 0.0690 e. The van der Waals surface area contributed by atoms with Crippen molar-refractivity contribution < 1.29 is 5.11 Å². The van der Waals surface area contributed by atoms with Crippen molar-refractivity contribution in [2.24, 2.45) is 5.73 Å². The molecule has 0 saturated heterocycles. The summed E-state index contributed by atoms with van der Waals surface area (Å²) in [6.45, 7) is 0. The number of benzene rings is 1. The fraction of sp³-hybridized carbons (Fsp3) is 0.600. The van der Waals surface area contributed by atoms with E-state index in [1.807, 2.05) is 0 Å². The van der Waals surface area contributed by atoms with Crippen molar-refractivity contribution in [1.82, 2.24) is 0 Å². The van der Waals surface area contributed by atoms with Crippen LogP contribution in [0.5, 0.6) is 0 Å². The minimum Gasteiger partial charge on any atom is -0.390 e. The third kappa shape index (κ3) is 2.24. The zero-order chi connectivity index (χ0) is 11.9. The molecule has 2 saturated carbocycles. The highest BCUT2D eigenvalue weighted by atomic mass is 16.3. The average molecular weight is 231 g/mol. The maximum atomic E-state index is 9.89. The summed E-state index contributed by atoms with van der Waals surface area (Å²) in [6.07, 6.45) is 7.42. The first-order chi connectivity index (χ1) is 8.10. The molecule has 0 spiro atoms. The zero-order valence-electron chi connectivity index (χ0n) is 10.3. The number of aliphatic hydroxyl groups is 1. The van der Waals surface area contributed by atoms with Crippen molar-refractivity contribution in [3.05, 3.63) is 35.4 Å². The molecule has 0 amide bonds. The molecule has 0 unspecified atom stereocenters. The van der Waals surface area contributed by atoms with Gasteiger partial charge in [0.1, 0.15) is 0 Å². The number of hydrogen-bond acceptors (Lipinski definition) is 2. The second-order valence-electron chi connectivity index (χ2n) is 5.96. The number of rotatable bonds is 3. The molecule has 0 radical (unpaired) electrons. The summed E-state index contributed by atoms with van der Waals surface area (Å²) in [5, 5.41) is 9.89. The van der Waals surface area contributed by atoms with Gasteiger partial charge in [0, 0.05) is 12.0 Å². The van der Waals surface area contributed by atoms with Crippen LogP contribution in [0.2, 0.25) is 0 Å². The Hall–Kier alpha value is -0.860. The van der Waals surface area contributed by atoms with Gasteiger partial charge in [0.25, 0.3) is 0 Å². The van der Waals surface area contributed by atoms with E-state index in [2.05, 4.69) is 24.3 Å². The lowest BCUT2D eigenvalue weighted by atomic mass is 9.88. The third-order valence-corrected chi connectivity index (χ3v) is 4.38. The van der Waals surface area contributed by atoms with Crippen molar-refractivity contribution >= 4 is 0 Å². The van der Waals surface area contributed by atoms with Crippen LogP contribution < -0.4 is 5.73 Å². The minimum atomic E-state index is -0.394. The Balaban J connectivity index is 1.75. The molecule has 2 heteroatoms. The van der Waals surface area contributed by atoms with Crippen LogP contribution in [-0.4, -0.2) is 10.7 Å². The molecule has 1 aromatic carbocycles. The van der Waals surface area contributed by atoms with Gasteiger partial charge < -0.3 is 10.8 Å². The lowest BCUT2D eigenvalue weighted by molar-refractivity contribution is 0.151. The molecule has 0 aliphatic heterocycles. The molecular formula is C15H21NO. The SMILES string of the molecule is NC1(c2ccc(CC3(O)CC3)cc2)CCCC1. The summed E-state index contributed by atoms with van der Waals surface area (Å²) in [6, 6.07) is 8.59. The highest BCUT2D eigenvalue weighted by molar-refractivity contribution is 5.30. The van der Waals surface area contributed by atoms with Gasteiger partial charge in [-0.2, -0.15) is 0 Å². The van der Waals surface area contributed by atoms with Gasteiger partial charge >= 0.3 is 0 Å². The van der Waals surface area contributed by atoms with E-state index in [0.29, 0.717) is 0 Å². The molecule has 0 heterocycles. The van der Waals surface area contributed by atoms with Crippen LogP contribution in [0.4, 0.5) is 0 Å². The highest BCUT2D eigenvalue weighted by Gasteiger charge is 2.40. The van der Waals surface area contributed by atoms with Crippen LogP contribution in [0, 0.1) is 0 Å². The summed E-state index contributed by atoms with van der Waals surface area (Å²) in [7, 11) is 0. The molecule has 2 aliphatic carbocycles. The van der Waals surface area contributed by atoms with E-state index in [1.54, 1.807) is 0 Å². The van der Waals surface area contributed by atoms with E-state index in [-0.39, 0.29) is 5.54 Å². The molecule has 0 bridgehead atoms. The van der Waals surface area contributed by atoms with Crippen LogP contribution in [0.1, 0.15) is 49.7 Å². The van der Waals surface area contributed by atoms with Crippen molar-refractivity contribution in [3.63, 3.8) is 0 Å². The largest absolute Gasteiger partial charge is 0.390 e. The van der Waals surface area contributed by atoms with Gasteiger partial charge in [-0.15, -0.1) is 0 Å². The van der Waals surface area contributed by atoms with E-state index >= 15 is 0 Å². The Bertz CT molecular complexity index is 399. The van der Waals surface area contributed by atoms with Gasteiger partial charge in [0.2, 0.25) is 0 Å². The average Bonchev–Trinajstić information content (AvgIpc) is 2.87. The molecular weight excluding hydrogens is 210 g/mol. The fourth-order valence-corrected chi connectivity index (χ4v) is 2.95. The van der Waals surface area contributed by atoms with Crippen molar-refractivity contribution in [3.8, 4) is 0 Å².